The van der Waals surface area contributed by atoms with E-state index in [1.807, 2.05) is 29.3 Å². The number of hydrogen-bond acceptors (Lipinski definition) is 3. The van der Waals surface area contributed by atoms with Crippen molar-refractivity contribution in [2.75, 3.05) is 13.1 Å². The Morgan fingerprint density at radius 3 is 2.67 bits per heavy atom. The lowest BCUT2D eigenvalue weighted by Gasteiger charge is -2.27. The molecule has 0 unspecified atom stereocenters. The van der Waals surface area contributed by atoms with E-state index in [4.69, 9.17) is 0 Å². The van der Waals surface area contributed by atoms with Crippen molar-refractivity contribution in [1.29, 1.82) is 0 Å². The maximum Gasteiger partial charge on any atom is 0.284 e. The standard InChI is InChI=1S/C17H17N3O/c21-17(16-10-4-5-11-18-16)19-20-12-6-9-15(13-20)14-7-2-1-3-8-14/h1-5,7-11H,6,12-13H2,(H,19,21). The fraction of sp³-hybridized carbons (Fsp3) is 0.176. The Bertz CT molecular complexity index is 638. The number of benzene rings is 1. The van der Waals surface area contributed by atoms with Crippen molar-refractivity contribution < 1.29 is 4.79 Å². The van der Waals surface area contributed by atoms with Gasteiger partial charge in [0.05, 0.1) is 0 Å². The van der Waals surface area contributed by atoms with E-state index in [0.29, 0.717) is 12.2 Å². The molecule has 1 amide bonds. The van der Waals surface area contributed by atoms with E-state index in [0.717, 1.165) is 13.0 Å². The summed E-state index contributed by atoms with van der Waals surface area (Å²) < 4.78 is 0. The van der Waals surface area contributed by atoms with Crippen molar-refractivity contribution in [2.45, 2.75) is 6.42 Å². The largest absolute Gasteiger partial charge is 0.284 e. The summed E-state index contributed by atoms with van der Waals surface area (Å²) >= 11 is 0. The second-order valence-electron chi connectivity index (χ2n) is 4.96. The molecule has 0 atom stereocenters. The third-order valence-electron chi connectivity index (χ3n) is 3.45. The average molecular weight is 279 g/mol. The van der Waals surface area contributed by atoms with Crippen molar-refractivity contribution in [2.24, 2.45) is 0 Å². The average Bonchev–Trinajstić information content (AvgIpc) is 2.57. The van der Waals surface area contributed by atoms with Crippen LogP contribution in [-0.2, 0) is 0 Å². The lowest BCUT2D eigenvalue weighted by Crippen LogP contribution is -2.45. The molecule has 1 aromatic carbocycles. The van der Waals surface area contributed by atoms with Crippen LogP contribution in [0.2, 0.25) is 0 Å². The van der Waals surface area contributed by atoms with Crippen LogP contribution in [0.3, 0.4) is 0 Å². The second kappa shape index (κ2) is 6.33. The van der Waals surface area contributed by atoms with Crippen molar-refractivity contribution in [3.63, 3.8) is 0 Å². The van der Waals surface area contributed by atoms with Crippen molar-refractivity contribution >= 4 is 11.5 Å². The molecule has 0 spiro atoms. The number of pyridine rings is 1. The minimum atomic E-state index is -0.162. The Kier molecular flexibility index (Phi) is 4.07. The molecule has 1 aliphatic heterocycles. The van der Waals surface area contributed by atoms with Gasteiger partial charge in [-0.1, -0.05) is 42.5 Å². The molecule has 2 heterocycles. The molecule has 0 fully saturated rings. The number of hydrogen-bond donors (Lipinski definition) is 1. The van der Waals surface area contributed by atoms with Crippen molar-refractivity contribution in [1.82, 2.24) is 15.4 Å². The highest BCUT2D eigenvalue weighted by atomic mass is 16.2. The van der Waals surface area contributed by atoms with E-state index in [-0.39, 0.29) is 5.91 Å². The van der Waals surface area contributed by atoms with E-state index >= 15 is 0 Å². The molecule has 3 rings (SSSR count). The zero-order valence-electron chi connectivity index (χ0n) is 11.7. The summed E-state index contributed by atoms with van der Waals surface area (Å²) in [6.45, 7) is 1.53. The lowest BCUT2D eigenvalue weighted by molar-refractivity contribution is 0.0803. The van der Waals surface area contributed by atoms with Crippen LogP contribution in [-0.4, -0.2) is 29.0 Å². The number of nitrogens with zero attached hydrogens (tertiary/aromatic N) is 2. The van der Waals surface area contributed by atoms with E-state index in [1.54, 1.807) is 18.3 Å². The third-order valence-corrected chi connectivity index (χ3v) is 3.45. The number of rotatable bonds is 3. The number of nitrogens with one attached hydrogen (secondary N) is 1. The van der Waals surface area contributed by atoms with Crippen LogP contribution < -0.4 is 5.43 Å². The van der Waals surface area contributed by atoms with Gasteiger partial charge in [-0.3, -0.25) is 15.2 Å². The van der Waals surface area contributed by atoms with Crippen LogP contribution in [0.25, 0.3) is 5.57 Å². The van der Waals surface area contributed by atoms with Gasteiger partial charge in [-0.15, -0.1) is 0 Å². The minimum absolute atomic E-state index is 0.162. The third kappa shape index (κ3) is 3.35. The van der Waals surface area contributed by atoms with E-state index < -0.39 is 0 Å². The fourth-order valence-corrected chi connectivity index (χ4v) is 2.40. The zero-order valence-corrected chi connectivity index (χ0v) is 11.7. The highest BCUT2D eigenvalue weighted by Crippen LogP contribution is 2.19. The first kappa shape index (κ1) is 13.5. The molecule has 0 bridgehead atoms. The molecule has 0 saturated heterocycles. The first-order chi connectivity index (χ1) is 10.3. The van der Waals surface area contributed by atoms with E-state index in [9.17, 15) is 4.79 Å². The monoisotopic (exact) mass is 279 g/mol. The van der Waals surface area contributed by atoms with Crippen LogP contribution in [0, 0.1) is 0 Å². The number of amides is 1. The highest BCUT2D eigenvalue weighted by Gasteiger charge is 2.17. The van der Waals surface area contributed by atoms with Gasteiger partial charge in [0.15, 0.2) is 0 Å². The van der Waals surface area contributed by atoms with Crippen molar-refractivity contribution in [3.05, 3.63) is 72.1 Å². The molecule has 0 aliphatic carbocycles. The molecule has 1 aliphatic rings. The van der Waals surface area contributed by atoms with Crippen LogP contribution in [0.4, 0.5) is 0 Å². The lowest BCUT2D eigenvalue weighted by atomic mass is 10.0. The maximum atomic E-state index is 12.1. The van der Waals surface area contributed by atoms with E-state index in [1.165, 1.54) is 11.1 Å². The zero-order chi connectivity index (χ0) is 14.5. The van der Waals surface area contributed by atoms with Gasteiger partial charge in [-0.05, 0) is 29.7 Å². The van der Waals surface area contributed by atoms with Crippen molar-refractivity contribution in [3.8, 4) is 0 Å². The number of hydrazine groups is 1. The predicted molar refractivity (Wildman–Crippen MR) is 82.3 cm³/mol. The van der Waals surface area contributed by atoms with E-state index in [2.05, 4.69) is 28.6 Å². The maximum absolute atomic E-state index is 12.1. The molecular formula is C17H17N3O. The summed E-state index contributed by atoms with van der Waals surface area (Å²) in [5.74, 6) is -0.162. The second-order valence-corrected chi connectivity index (χ2v) is 4.96. The van der Waals surface area contributed by atoms with Gasteiger partial charge in [-0.2, -0.15) is 0 Å². The predicted octanol–water partition coefficient (Wildman–Crippen LogP) is 2.52. The van der Waals surface area contributed by atoms with Crippen LogP contribution in [0.5, 0.6) is 0 Å². The normalized spacial score (nSPS) is 15.3. The first-order valence-corrected chi connectivity index (χ1v) is 7.04. The molecule has 0 radical (unpaired) electrons. The van der Waals surface area contributed by atoms with Gasteiger partial charge in [0, 0.05) is 19.3 Å². The molecule has 2 aromatic rings. The molecular weight excluding hydrogens is 262 g/mol. The van der Waals surface area contributed by atoms with Gasteiger partial charge in [0.1, 0.15) is 5.69 Å². The van der Waals surface area contributed by atoms with Gasteiger partial charge < -0.3 is 0 Å². The Labute approximate surface area is 124 Å². The summed E-state index contributed by atoms with van der Waals surface area (Å²) in [5.41, 5.74) is 5.81. The number of carbonyl (C=O) groups is 1. The van der Waals surface area contributed by atoms with Crippen LogP contribution >= 0.6 is 0 Å². The molecule has 4 heteroatoms. The first-order valence-electron chi connectivity index (χ1n) is 7.04. The SMILES string of the molecule is O=C(NN1CCC=C(c2ccccc2)C1)c1ccccn1. The molecule has 21 heavy (non-hydrogen) atoms. The topological polar surface area (TPSA) is 45.2 Å². The Balaban J connectivity index is 1.66. The van der Waals surface area contributed by atoms with Gasteiger partial charge in [0.25, 0.3) is 5.91 Å². The van der Waals surface area contributed by atoms with Gasteiger partial charge >= 0.3 is 0 Å². The van der Waals surface area contributed by atoms with Crippen LogP contribution in [0.15, 0.2) is 60.8 Å². The Morgan fingerprint density at radius 2 is 1.90 bits per heavy atom. The molecule has 4 nitrogen and oxygen atoms in total. The summed E-state index contributed by atoms with van der Waals surface area (Å²) in [7, 11) is 0. The molecule has 1 N–H and O–H groups in total. The van der Waals surface area contributed by atoms with Gasteiger partial charge in [-0.25, -0.2) is 5.01 Å². The van der Waals surface area contributed by atoms with Gasteiger partial charge in [0.2, 0.25) is 0 Å². The summed E-state index contributed by atoms with van der Waals surface area (Å²) in [6, 6.07) is 15.6. The number of carbonyl (C=O) groups excluding carboxylic acids is 1. The Hall–Kier alpha value is -2.46. The minimum Gasteiger partial charge on any atom is -0.283 e. The quantitative estimate of drug-likeness (QED) is 0.939. The molecule has 106 valence electrons. The number of aromatic nitrogens is 1. The summed E-state index contributed by atoms with van der Waals surface area (Å²) in [4.78, 5) is 16.2. The summed E-state index contributed by atoms with van der Waals surface area (Å²) in [5, 5.41) is 1.94. The molecule has 0 saturated carbocycles. The molecule has 1 aromatic heterocycles. The summed E-state index contributed by atoms with van der Waals surface area (Å²) in [6.07, 6.45) is 4.78. The fourth-order valence-electron chi connectivity index (χ4n) is 2.40. The van der Waals surface area contributed by atoms with Crippen LogP contribution in [0.1, 0.15) is 22.5 Å². The highest BCUT2D eigenvalue weighted by molar-refractivity contribution is 5.91. The smallest absolute Gasteiger partial charge is 0.283 e. The Morgan fingerprint density at radius 1 is 1.10 bits per heavy atom.